The van der Waals surface area contributed by atoms with Crippen LogP contribution in [0, 0.1) is 5.92 Å². The standard InChI is InChI=1S/C12H14Cl2O2/c13-9-3-1-2-8(11(9)14)6-10(15)12(16)7-4-5-7/h1-3,7,10,12,15-16H,4-6H2. The summed E-state index contributed by atoms with van der Waals surface area (Å²) >= 11 is 11.9. The van der Waals surface area contributed by atoms with Crippen LogP contribution in [0.5, 0.6) is 0 Å². The van der Waals surface area contributed by atoms with Gasteiger partial charge in [0.1, 0.15) is 0 Å². The van der Waals surface area contributed by atoms with Crippen LogP contribution >= 0.6 is 23.2 Å². The highest BCUT2D eigenvalue weighted by Gasteiger charge is 2.34. The van der Waals surface area contributed by atoms with Crippen LogP contribution in [-0.2, 0) is 6.42 Å². The van der Waals surface area contributed by atoms with Crippen LogP contribution in [0.1, 0.15) is 18.4 Å². The molecule has 0 radical (unpaired) electrons. The van der Waals surface area contributed by atoms with Gasteiger partial charge in [-0.25, -0.2) is 0 Å². The number of aliphatic hydroxyl groups is 2. The molecule has 0 aromatic heterocycles. The summed E-state index contributed by atoms with van der Waals surface area (Å²) < 4.78 is 0. The van der Waals surface area contributed by atoms with Gasteiger partial charge in [-0.3, -0.25) is 0 Å². The van der Waals surface area contributed by atoms with E-state index in [0.717, 1.165) is 18.4 Å². The summed E-state index contributed by atoms with van der Waals surface area (Å²) in [5.74, 6) is 0.257. The fraction of sp³-hybridized carbons (Fsp3) is 0.500. The molecule has 0 aliphatic heterocycles. The van der Waals surface area contributed by atoms with Gasteiger partial charge in [0.05, 0.1) is 22.3 Å². The second-order valence-electron chi connectivity index (χ2n) is 4.31. The molecule has 2 N–H and O–H groups in total. The second kappa shape index (κ2) is 4.92. The molecule has 2 atom stereocenters. The van der Waals surface area contributed by atoms with Crippen molar-refractivity contribution >= 4 is 23.2 Å². The molecule has 1 aliphatic carbocycles. The zero-order chi connectivity index (χ0) is 11.7. The minimum absolute atomic E-state index is 0.257. The molecule has 0 amide bonds. The fourth-order valence-corrected chi connectivity index (χ4v) is 2.20. The van der Waals surface area contributed by atoms with Crippen LogP contribution in [-0.4, -0.2) is 22.4 Å². The normalized spacial score (nSPS) is 19.5. The van der Waals surface area contributed by atoms with Crippen molar-refractivity contribution < 1.29 is 10.2 Å². The van der Waals surface area contributed by atoms with Gasteiger partial charge < -0.3 is 10.2 Å². The van der Waals surface area contributed by atoms with E-state index in [9.17, 15) is 10.2 Å². The SMILES string of the molecule is OC(Cc1cccc(Cl)c1Cl)C(O)C1CC1. The summed E-state index contributed by atoms with van der Waals surface area (Å²) in [4.78, 5) is 0. The van der Waals surface area contributed by atoms with Crippen LogP contribution in [0.3, 0.4) is 0 Å². The Kier molecular flexibility index (Phi) is 3.75. The average molecular weight is 261 g/mol. The zero-order valence-electron chi connectivity index (χ0n) is 8.74. The monoisotopic (exact) mass is 260 g/mol. The number of hydrogen-bond donors (Lipinski definition) is 2. The molecule has 1 aliphatic rings. The number of halogens is 2. The molecule has 2 nitrogen and oxygen atoms in total. The summed E-state index contributed by atoms with van der Waals surface area (Å²) in [6.45, 7) is 0. The van der Waals surface area contributed by atoms with E-state index in [1.54, 1.807) is 12.1 Å². The van der Waals surface area contributed by atoms with Gasteiger partial charge in [-0.2, -0.15) is 0 Å². The molecular weight excluding hydrogens is 247 g/mol. The Balaban J connectivity index is 2.05. The first kappa shape index (κ1) is 12.2. The number of aliphatic hydroxyl groups excluding tert-OH is 2. The van der Waals surface area contributed by atoms with Crippen molar-refractivity contribution in [3.05, 3.63) is 33.8 Å². The molecule has 0 bridgehead atoms. The van der Waals surface area contributed by atoms with Gasteiger partial charge in [0.15, 0.2) is 0 Å². The van der Waals surface area contributed by atoms with Crippen molar-refractivity contribution in [2.24, 2.45) is 5.92 Å². The van der Waals surface area contributed by atoms with E-state index >= 15 is 0 Å². The van der Waals surface area contributed by atoms with Gasteiger partial charge >= 0.3 is 0 Å². The fourth-order valence-electron chi connectivity index (χ4n) is 1.80. The number of hydrogen-bond acceptors (Lipinski definition) is 2. The van der Waals surface area contributed by atoms with E-state index in [1.807, 2.05) is 6.07 Å². The van der Waals surface area contributed by atoms with Gasteiger partial charge in [-0.1, -0.05) is 35.3 Å². The molecule has 0 saturated heterocycles. The highest BCUT2D eigenvalue weighted by molar-refractivity contribution is 6.42. The Labute approximate surface area is 105 Å². The molecule has 1 fully saturated rings. The minimum atomic E-state index is -0.761. The number of benzene rings is 1. The van der Waals surface area contributed by atoms with Crippen LogP contribution in [0.25, 0.3) is 0 Å². The predicted octanol–water partition coefficient (Wildman–Crippen LogP) is 2.67. The Morgan fingerprint density at radius 1 is 1.25 bits per heavy atom. The summed E-state index contributed by atoms with van der Waals surface area (Å²) in [6.07, 6.45) is 0.943. The average Bonchev–Trinajstić information content (AvgIpc) is 3.07. The Hall–Kier alpha value is -0.280. The lowest BCUT2D eigenvalue weighted by molar-refractivity contribution is 0.00674. The third-order valence-electron chi connectivity index (χ3n) is 2.96. The maximum Gasteiger partial charge on any atom is 0.0842 e. The Bertz CT molecular complexity index is 377. The zero-order valence-corrected chi connectivity index (χ0v) is 10.2. The minimum Gasteiger partial charge on any atom is -0.390 e. The molecule has 1 aromatic carbocycles. The highest BCUT2D eigenvalue weighted by atomic mass is 35.5. The van der Waals surface area contributed by atoms with Gasteiger partial charge in [0.25, 0.3) is 0 Å². The van der Waals surface area contributed by atoms with Crippen molar-refractivity contribution in [1.29, 1.82) is 0 Å². The van der Waals surface area contributed by atoms with E-state index in [4.69, 9.17) is 23.2 Å². The molecule has 88 valence electrons. The van der Waals surface area contributed by atoms with Gasteiger partial charge in [-0.15, -0.1) is 0 Å². The number of rotatable bonds is 4. The molecule has 4 heteroatoms. The van der Waals surface area contributed by atoms with Crippen molar-refractivity contribution in [3.63, 3.8) is 0 Å². The largest absolute Gasteiger partial charge is 0.390 e. The predicted molar refractivity (Wildman–Crippen MR) is 64.9 cm³/mol. The van der Waals surface area contributed by atoms with Crippen molar-refractivity contribution in [2.45, 2.75) is 31.5 Å². The van der Waals surface area contributed by atoms with Crippen molar-refractivity contribution in [1.82, 2.24) is 0 Å². The summed E-state index contributed by atoms with van der Waals surface area (Å²) in [5, 5.41) is 20.5. The van der Waals surface area contributed by atoms with Gasteiger partial charge in [0.2, 0.25) is 0 Å². The second-order valence-corrected chi connectivity index (χ2v) is 5.10. The van der Waals surface area contributed by atoms with Crippen LogP contribution in [0.4, 0.5) is 0 Å². The van der Waals surface area contributed by atoms with Crippen molar-refractivity contribution in [3.8, 4) is 0 Å². The van der Waals surface area contributed by atoms with Gasteiger partial charge in [0, 0.05) is 6.42 Å². The highest BCUT2D eigenvalue weighted by Crippen LogP contribution is 2.35. The van der Waals surface area contributed by atoms with E-state index in [-0.39, 0.29) is 5.92 Å². The molecule has 0 heterocycles. The van der Waals surface area contributed by atoms with E-state index in [1.165, 1.54) is 0 Å². The molecule has 2 unspecified atom stereocenters. The maximum absolute atomic E-state index is 9.85. The molecule has 1 saturated carbocycles. The Morgan fingerprint density at radius 2 is 1.94 bits per heavy atom. The van der Waals surface area contributed by atoms with Gasteiger partial charge in [-0.05, 0) is 30.4 Å². The topological polar surface area (TPSA) is 40.5 Å². The Morgan fingerprint density at radius 3 is 2.56 bits per heavy atom. The van der Waals surface area contributed by atoms with E-state index in [2.05, 4.69) is 0 Å². The lowest BCUT2D eigenvalue weighted by Gasteiger charge is -2.18. The molecule has 16 heavy (non-hydrogen) atoms. The summed E-state index contributed by atoms with van der Waals surface area (Å²) in [6, 6.07) is 5.31. The van der Waals surface area contributed by atoms with Crippen LogP contribution in [0.2, 0.25) is 10.0 Å². The first-order chi connectivity index (χ1) is 7.59. The lowest BCUT2D eigenvalue weighted by Crippen LogP contribution is -2.29. The first-order valence-electron chi connectivity index (χ1n) is 5.38. The van der Waals surface area contributed by atoms with E-state index < -0.39 is 12.2 Å². The molecule has 0 spiro atoms. The summed E-state index contributed by atoms with van der Waals surface area (Å²) in [5.41, 5.74) is 0.779. The molecule has 1 aromatic rings. The first-order valence-corrected chi connectivity index (χ1v) is 6.14. The third-order valence-corrected chi connectivity index (χ3v) is 3.82. The quantitative estimate of drug-likeness (QED) is 0.874. The molecule has 2 rings (SSSR count). The third kappa shape index (κ3) is 2.69. The smallest absolute Gasteiger partial charge is 0.0842 e. The summed E-state index contributed by atoms with van der Waals surface area (Å²) in [7, 11) is 0. The van der Waals surface area contributed by atoms with Crippen molar-refractivity contribution in [2.75, 3.05) is 0 Å². The lowest BCUT2D eigenvalue weighted by atomic mass is 10.0. The van der Waals surface area contributed by atoms with Crippen LogP contribution < -0.4 is 0 Å². The molecular formula is C12H14Cl2O2. The van der Waals surface area contributed by atoms with Crippen LogP contribution in [0.15, 0.2) is 18.2 Å². The van der Waals surface area contributed by atoms with E-state index in [0.29, 0.717) is 16.5 Å². The maximum atomic E-state index is 9.85.